The number of benzene rings is 2. The third-order valence-electron chi connectivity index (χ3n) is 2.52. The zero-order chi connectivity index (χ0) is 13.7. The molecule has 98 valence electrons. The lowest BCUT2D eigenvalue weighted by Crippen LogP contribution is -2.06. The molecule has 5 heteroatoms. The minimum absolute atomic E-state index is 0.230. The largest absolute Gasteiger partial charge is 0.508 e. The summed E-state index contributed by atoms with van der Waals surface area (Å²) in [6, 6.07) is 12.1. The van der Waals surface area contributed by atoms with Crippen molar-refractivity contribution in [3.05, 3.63) is 63.6 Å². The first-order valence-corrected chi connectivity index (χ1v) is 6.40. The van der Waals surface area contributed by atoms with Gasteiger partial charge in [-0.15, -0.1) is 0 Å². The van der Waals surface area contributed by atoms with Gasteiger partial charge in [0.05, 0.1) is 12.8 Å². The SMILES string of the molecule is Oc1ccc(/C=N\NCc2c(Cl)cccc2Cl)cc1. The number of rotatable bonds is 4. The fraction of sp³-hybridized carbons (Fsp3) is 0.0714. The molecule has 0 heterocycles. The Morgan fingerprint density at radius 2 is 1.68 bits per heavy atom. The maximum Gasteiger partial charge on any atom is 0.115 e. The Hall–Kier alpha value is -1.71. The Bertz CT molecular complexity index is 562. The molecule has 2 aromatic carbocycles. The van der Waals surface area contributed by atoms with E-state index in [0.29, 0.717) is 16.6 Å². The van der Waals surface area contributed by atoms with Gasteiger partial charge in [0.1, 0.15) is 5.75 Å². The van der Waals surface area contributed by atoms with Crippen LogP contribution in [0.15, 0.2) is 47.6 Å². The standard InChI is InChI=1S/C14H12Cl2N2O/c15-13-2-1-3-14(16)12(13)9-18-17-8-10-4-6-11(19)7-5-10/h1-8,18-19H,9H2/b17-8-. The van der Waals surface area contributed by atoms with Crippen LogP contribution >= 0.6 is 23.2 Å². The molecule has 0 atom stereocenters. The second kappa shape index (κ2) is 6.45. The lowest BCUT2D eigenvalue weighted by atomic mass is 10.2. The molecule has 0 aliphatic carbocycles. The minimum atomic E-state index is 0.230. The summed E-state index contributed by atoms with van der Waals surface area (Å²) in [5.41, 5.74) is 4.58. The number of nitrogens with zero attached hydrogens (tertiary/aromatic N) is 1. The van der Waals surface area contributed by atoms with Gasteiger partial charge in [-0.05, 0) is 42.0 Å². The zero-order valence-corrected chi connectivity index (χ0v) is 11.5. The zero-order valence-electron chi connectivity index (χ0n) is 9.98. The van der Waals surface area contributed by atoms with Gasteiger partial charge in [0, 0.05) is 15.6 Å². The van der Waals surface area contributed by atoms with Crippen molar-refractivity contribution in [1.82, 2.24) is 5.43 Å². The highest BCUT2D eigenvalue weighted by molar-refractivity contribution is 6.35. The van der Waals surface area contributed by atoms with E-state index in [1.807, 2.05) is 0 Å². The second-order valence-electron chi connectivity index (χ2n) is 3.88. The third-order valence-corrected chi connectivity index (χ3v) is 3.22. The summed E-state index contributed by atoms with van der Waals surface area (Å²) < 4.78 is 0. The molecule has 2 aromatic rings. The Labute approximate surface area is 121 Å². The first-order chi connectivity index (χ1) is 9.16. The molecule has 0 bridgehead atoms. The van der Waals surface area contributed by atoms with Gasteiger partial charge in [0.15, 0.2) is 0 Å². The molecule has 19 heavy (non-hydrogen) atoms. The van der Waals surface area contributed by atoms with Crippen LogP contribution in [-0.2, 0) is 6.54 Å². The van der Waals surface area contributed by atoms with Gasteiger partial charge in [-0.1, -0.05) is 29.3 Å². The van der Waals surface area contributed by atoms with Crippen molar-refractivity contribution in [2.24, 2.45) is 5.10 Å². The molecule has 0 aliphatic rings. The third kappa shape index (κ3) is 3.88. The van der Waals surface area contributed by atoms with Gasteiger partial charge in [-0.2, -0.15) is 5.10 Å². The number of phenolic OH excluding ortho intramolecular Hbond substituents is 1. The fourth-order valence-electron chi connectivity index (χ4n) is 1.51. The number of halogens is 2. The Morgan fingerprint density at radius 3 is 2.32 bits per heavy atom. The van der Waals surface area contributed by atoms with Crippen LogP contribution in [0.2, 0.25) is 10.0 Å². The average Bonchev–Trinajstić information content (AvgIpc) is 2.39. The van der Waals surface area contributed by atoms with Gasteiger partial charge in [0.2, 0.25) is 0 Å². The lowest BCUT2D eigenvalue weighted by Gasteiger charge is -2.05. The second-order valence-corrected chi connectivity index (χ2v) is 4.70. The van der Waals surface area contributed by atoms with Gasteiger partial charge >= 0.3 is 0 Å². The van der Waals surface area contributed by atoms with E-state index in [-0.39, 0.29) is 5.75 Å². The van der Waals surface area contributed by atoms with Crippen LogP contribution in [0, 0.1) is 0 Å². The van der Waals surface area contributed by atoms with Gasteiger partial charge in [0.25, 0.3) is 0 Å². The maximum absolute atomic E-state index is 9.15. The van der Waals surface area contributed by atoms with E-state index in [1.54, 1.807) is 48.7 Å². The van der Waals surface area contributed by atoms with Crippen LogP contribution in [0.4, 0.5) is 0 Å². The monoisotopic (exact) mass is 294 g/mol. The number of hydrogen-bond acceptors (Lipinski definition) is 3. The Balaban J connectivity index is 1.95. The van der Waals surface area contributed by atoms with Crippen molar-refractivity contribution < 1.29 is 5.11 Å². The smallest absolute Gasteiger partial charge is 0.115 e. The first-order valence-electron chi connectivity index (χ1n) is 5.64. The number of hydrogen-bond donors (Lipinski definition) is 2. The summed E-state index contributed by atoms with van der Waals surface area (Å²) >= 11 is 12.1. The van der Waals surface area contributed by atoms with Gasteiger partial charge < -0.3 is 10.5 Å². The van der Waals surface area contributed by atoms with Crippen LogP contribution in [0.25, 0.3) is 0 Å². The van der Waals surface area contributed by atoms with Crippen molar-refractivity contribution in [1.29, 1.82) is 0 Å². The molecule has 0 spiro atoms. The van der Waals surface area contributed by atoms with Gasteiger partial charge in [-0.3, -0.25) is 0 Å². The molecular weight excluding hydrogens is 283 g/mol. The molecule has 2 N–H and O–H groups in total. The molecule has 0 amide bonds. The van der Waals surface area contributed by atoms with Crippen molar-refractivity contribution in [2.75, 3.05) is 0 Å². The number of aromatic hydroxyl groups is 1. The summed E-state index contributed by atoms with van der Waals surface area (Å²) in [6.45, 7) is 0.451. The highest BCUT2D eigenvalue weighted by Gasteiger charge is 2.03. The predicted octanol–water partition coefficient (Wildman–Crippen LogP) is 3.82. The molecule has 0 radical (unpaired) electrons. The summed E-state index contributed by atoms with van der Waals surface area (Å²) in [7, 11) is 0. The number of nitrogens with one attached hydrogen (secondary N) is 1. The molecule has 2 rings (SSSR count). The molecule has 0 aliphatic heterocycles. The predicted molar refractivity (Wildman–Crippen MR) is 79.0 cm³/mol. The number of hydrazone groups is 1. The van der Waals surface area contributed by atoms with E-state index in [4.69, 9.17) is 28.3 Å². The normalized spacial score (nSPS) is 10.8. The van der Waals surface area contributed by atoms with Crippen molar-refractivity contribution in [3.8, 4) is 5.75 Å². The molecular formula is C14H12Cl2N2O. The molecule has 3 nitrogen and oxygen atoms in total. The highest BCUT2D eigenvalue weighted by atomic mass is 35.5. The van der Waals surface area contributed by atoms with E-state index >= 15 is 0 Å². The summed E-state index contributed by atoms with van der Waals surface area (Å²) in [5.74, 6) is 0.230. The molecule has 0 saturated heterocycles. The first kappa shape index (κ1) is 13.7. The highest BCUT2D eigenvalue weighted by Crippen LogP contribution is 2.23. The molecule has 0 saturated carbocycles. The van der Waals surface area contributed by atoms with Crippen LogP contribution in [0.1, 0.15) is 11.1 Å². The lowest BCUT2D eigenvalue weighted by molar-refractivity contribution is 0.475. The maximum atomic E-state index is 9.15. The molecule has 0 unspecified atom stereocenters. The summed E-state index contributed by atoms with van der Waals surface area (Å²) in [6.07, 6.45) is 1.66. The number of phenols is 1. The van der Waals surface area contributed by atoms with E-state index in [9.17, 15) is 0 Å². The van der Waals surface area contributed by atoms with E-state index in [2.05, 4.69) is 10.5 Å². The Morgan fingerprint density at radius 1 is 1.05 bits per heavy atom. The van der Waals surface area contributed by atoms with Crippen molar-refractivity contribution in [2.45, 2.75) is 6.54 Å². The van der Waals surface area contributed by atoms with Crippen molar-refractivity contribution in [3.63, 3.8) is 0 Å². The Kier molecular flexibility index (Phi) is 4.66. The van der Waals surface area contributed by atoms with Crippen LogP contribution < -0.4 is 5.43 Å². The molecule has 0 fully saturated rings. The van der Waals surface area contributed by atoms with E-state index in [0.717, 1.165) is 11.1 Å². The topological polar surface area (TPSA) is 44.6 Å². The van der Waals surface area contributed by atoms with Crippen molar-refractivity contribution >= 4 is 29.4 Å². The molecule has 0 aromatic heterocycles. The summed E-state index contributed by atoms with van der Waals surface area (Å²) in [5, 5.41) is 14.4. The average molecular weight is 295 g/mol. The minimum Gasteiger partial charge on any atom is -0.508 e. The van der Waals surface area contributed by atoms with Crippen LogP contribution in [0.3, 0.4) is 0 Å². The van der Waals surface area contributed by atoms with E-state index < -0.39 is 0 Å². The van der Waals surface area contributed by atoms with Gasteiger partial charge in [-0.25, -0.2) is 0 Å². The summed E-state index contributed by atoms with van der Waals surface area (Å²) in [4.78, 5) is 0. The van der Waals surface area contributed by atoms with Crippen LogP contribution in [-0.4, -0.2) is 11.3 Å². The fourth-order valence-corrected chi connectivity index (χ4v) is 2.04. The quantitative estimate of drug-likeness (QED) is 0.665. The van der Waals surface area contributed by atoms with Crippen LogP contribution in [0.5, 0.6) is 5.75 Å². The van der Waals surface area contributed by atoms with E-state index in [1.165, 1.54) is 0 Å².